The minimum absolute atomic E-state index is 0.0449. The van der Waals surface area contributed by atoms with Crippen LogP contribution in [0.25, 0.3) is 0 Å². The Kier molecular flexibility index (Phi) is 10.8. The highest BCUT2D eigenvalue weighted by Crippen LogP contribution is 2.48. The number of ketones is 1. The number of nitrogens with two attached hydrogens (primary N) is 3. The molecule has 0 aliphatic rings. The number of alkyl carbamates (subject to hydrolysis) is 1. The molecule has 3 aromatic rings. The number of hydrogen-bond donors (Lipinski definition) is 6. The van der Waals surface area contributed by atoms with E-state index in [4.69, 9.17) is 21.9 Å². The average Bonchev–Trinajstić information content (AvgIpc) is 2.94. The molecule has 0 bridgehead atoms. The van der Waals surface area contributed by atoms with Gasteiger partial charge in [-0.1, -0.05) is 72.8 Å². The molecule has 0 aliphatic carbocycles. The lowest BCUT2D eigenvalue weighted by atomic mass is 10.0. The molecule has 12 nitrogen and oxygen atoms in total. The van der Waals surface area contributed by atoms with Crippen LogP contribution in [0.2, 0.25) is 0 Å². The van der Waals surface area contributed by atoms with Crippen molar-refractivity contribution < 1.29 is 33.7 Å². The fourth-order valence-corrected chi connectivity index (χ4v) is 5.74. The van der Waals surface area contributed by atoms with E-state index in [1.54, 1.807) is 54.6 Å². The van der Waals surface area contributed by atoms with Crippen LogP contribution in [-0.4, -0.2) is 51.8 Å². The van der Waals surface area contributed by atoms with Crippen LogP contribution in [0.4, 0.5) is 10.5 Å². The molecule has 9 N–H and O–H groups in total. The first-order chi connectivity index (χ1) is 19.5. The molecule has 0 aromatic heterocycles. The lowest BCUT2D eigenvalue weighted by Gasteiger charge is -2.26. The summed E-state index contributed by atoms with van der Waals surface area (Å²) in [6, 6.07) is 22.0. The summed E-state index contributed by atoms with van der Waals surface area (Å²) in [4.78, 5) is 52.9. The number of carboxylic acids is 1. The second kappa shape index (κ2) is 14.2. The normalized spacial score (nSPS) is 14.5. The van der Waals surface area contributed by atoms with E-state index in [1.807, 2.05) is 6.07 Å². The van der Waals surface area contributed by atoms with E-state index in [9.17, 15) is 28.9 Å². The topological polar surface area (TPSA) is 220 Å². The number of ether oxygens (including phenoxy) is 1. The van der Waals surface area contributed by atoms with Crippen molar-refractivity contribution in [3.05, 3.63) is 102 Å². The van der Waals surface area contributed by atoms with Crippen LogP contribution in [0.5, 0.6) is 0 Å². The zero-order chi connectivity index (χ0) is 30.0. The van der Waals surface area contributed by atoms with Crippen LogP contribution in [0.3, 0.4) is 0 Å². The molecule has 0 heterocycles. The molecule has 0 spiro atoms. The molecule has 216 valence electrons. The summed E-state index contributed by atoms with van der Waals surface area (Å²) in [6.45, 7) is -0.0668. The number of aliphatic imine (C=N–C) groups is 1. The smallest absolute Gasteiger partial charge is 0.408 e. The van der Waals surface area contributed by atoms with E-state index in [2.05, 4.69) is 10.3 Å². The minimum Gasteiger partial charge on any atom is -0.481 e. The summed E-state index contributed by atoms with van der Waals surface area (Å²) in [7, 11) is -4.65. The quantitative estimate of drug-likeness (QED) is 0.0983. The largest absolute Gasteiger partial charge is 0.481 e. The minimum atomic E-state index is -4.65. The van der Waals surface area contributed by atoms with Gasteiger partial charge in [0.15, 0.2) is 11.7 Å². The zero-order valence-electron chi connectivity index (χ0n) is 22.0. The Balaban J connectivity index is 1.80. The highest BCUT2D eigenvalue weighted by Gasteiger charge is 2.41. The third kappa shape index (κ3) is 9.28. The maximum Gasteiger partial charge on any atom is 0.408 e. The summed E-state index contributed by atoms with van der Waals surface area (Å²) in [5.41, 5.74) is 18.5. The summed E-state index contributed by atoms with van der Waals surface area (Å²) in [5, 5.41) is 12.3. The molecule has 13 heteroatoms. The van der Waals surface area contributed by atoms with Gasteiger partial charge in [0.25, 0.3) is 0 Å². The third-order valence-electron chi connectivity index (χ3n) is 6.13. The van der Waals surface area contributed by atoms with Crippen molar-refractivity contribution in [3.63, 3.8) is 0 Å². The highest BCUT2D eigenvalue weighted by molar-refractivity contribution is 7.59. The fourth-order valence-electron chi connectivity index (χ4n) is 4.05. The van der Waals surface area contributed by atoms with E-state index in [0.29, 0.717) is 11.1 Å². The van der Waals surface area contributed by atoms with E-state index in [0.717, 1.165) is 0 Å². The molecule has 4 atom stereocenters. The lowest BCUT2D eigenvalue weighted by molar-refractivity contribution is -0.138. The monoisotopic (exact) mass is 581 g/mol. The molecule has 0 aliphatic heterocycles. The van der Waals surface area contributed by atoms with Gasteiger partial charge in [0.2, 0.25) is 7.37 Å². The number of amides is 1. The zero-order valence-corrected chi connectivity index (χ0v) is 22.9. The Hall–Kier alpha value is -4.51. The van der Waals surface area contributed by atoms with Crippen molar-refractivity contribution in [3.8, 4) is 0 Å². The van der Waals surface area contributed by atoms with E-state index < -0.39 is 49.1 Å². The SMILES string of the molecule is NC(N)=Nc1cccc(C(CP(=O)(O)C(N)C(=O)C(Cc2ccccc2)NC(=O)OCc2ccccc2)C(=O)O)c1. The average molecular weight is 582 g/mol. The van der Waals surface area contributed by atoms with Gasteiger partial charge in [0.05, 0.1) is 17.6 Å². The number of rotatable bonds is 13. The third-order valence-corrected chi connectivity index (χ3v) is 8.14. The summed E-state index contributed by atoms with van der Waals surface area (Å²) in [5.74, 6) is -6.11. The Labute approximate surface area is 236 Å². The number of carbonyl (C=O) groups is 3. The number of carboxylic acid groups (broad SMARTS) is 1. The van der Waals surface area contributed by atoms with Crippen LogP contribution < -0.4 is 22.5 Å². The first kappa shape index (κ1) is 31.0. The number of nitrogens with zero attached hydrogens (tertiary/aromatic N) is 1. The summed E-state index contributed by atoms with van der Waals surface area (Å²) in [6.07, 6.45) is -1.82. The molecule has 0 saturated carbocycles. The van der Waals surface area contributed by atoms with E-state index in [-0.39, 0.29) is 30.2 Å². The Morgan fingerprint density at radius 2 is 1.54 bits per heavy atom. The number of nitrogens with one attached hydrogen (secondary N) is 1. The van der Waals surface area contributed by atoms with Gasteiger partial charge in [0.1, 0.15) is 12.4 Å². The van der Waals surface area contributed by atoms with Crippen molar-refractivity contribution in [2.24, 2.45) is 22.2 Å². The van der Waals surface area contributed by atoms with Crippen LogP contribution in [-0.2, 0) is 31.9 Å². The second-order valence-corrected chi connectivity index (χ2v) is 11.7. The van der Waals surface area contributed by atoms with E-state index in [1.165, 1.54) is 24.3 Å². The summed E-state index contributed by atoms with van der Waals surface area (Å²) < 4.78 is 18.6. The number of hydrogen-bond acceptors (Lipinski definition) is 7. The molecule has 0 radical (unpaired) electrons. The maximum absolute atomic E-state index is 13.4. The number of benzene rings is 3. The maximum atomic E-state index is 13.4. The van der Waals surface area contributed by atoms with Crippen LogP contribution in [0.1, 0.15) is 22.6 Å². The molecule has 0 fully saturated rings. The Bertz CT molecular complexity index is 1430. The van der Waals surface area contributed by atoms with Crippen molar-refractivity contribution in [2.45, 2.75) is 30.8 Å². The highest BCUT2D eigenvalue weighted by atomic mass is 31.2. The van der Waals surface area contributed by atoms with Gasteiger partial charge >= 0.3 is 12.1 Å². The number of guanidine groups is 1. The van der Waals surface area contributed by atoms with Gasteiger partial charge in [-0.2, -0.15) is 0 Å². The lowest BCUT2D eigenvalue weighted by Crippen LogP contribution is -2.49. The first-order valence-electron chi connectivity index (χ1n) is 12.5. The van der Waals surface area contributed by atoms with Gasteiger partial charge in [-0.05, 0) is 35.2 Å². The van der Waals surface area contributed by atoms with Gasteiger partial charge < -0.3 is 37.3 Å². The van der Waals surface area contributed by atoms with Gasteiger partial charge in [-0.15, -0.1) is 0 Å². The molecular weight excluding hydrogens is 549 g/mol. The molecule has 41 heavy (non-hydrogen) atoms. The molecule has 3 rings (SSSR count). The van der Waals surface area contributed by atoms with Crippen molar-refractivity contribution in [2.75, 3.05) is 6.16 Å². The van der Waals surface area contributed by atoms with Crippen LogP contribution in [0.15, 0.2) is 89.9 Å². The first-order valence-corrected chi connectivity index (χ1v) is 14.4. The van der Waals surface area contributed by atoms with Crippen LogP contribution >= 0.6 is 7.37 Å². The predicted octanol–water partition coefficient (Wildman–Crippen LogP) is 2.42. The van der Waals surface area contributed by atoms with E-state index >= 15 is 0 Å². The molecule has 4 unspecified atom stereocenters. The Morgan fingerprint density at radius 1 is 0.927 bits per heavy atom. The fraction of sp³-hybridized carbons (Fsp3) is 0.214. The molecule has 0 saturated heterocycles. The molecule has 3 aromatic carbocycles. The van der Waals surface area contributed by atoms with Crippen molar-refractivity contribution >= 4 is 36.9 Å². The van der Waals surface area contributed by atoms with Gasteiger partial charge in [0, 0.05) is 6.16 Å². The summed E-state index contributed by atoms with van der Waals surface area (Å²) >= 11 is 0. The predicted molar refractivity (Wildman–Crippen MR) is 154 cm³/mol. The Morgan fingerprint density at radius 3 is 2.12 bits per heavy atom. The van der Waals surface area contributed by atoms with Crippen molar-refractivity contribution in [1.82, 2.24) is 5.32 Å². The van der Waals surface area contributed by atoms with Crippen LogP contribution in [0, 0.1) is 0 Å². The molecular formula is C28H32N5O7P. The van der Waals surface area contributed by atoms with Gasteiger partial charge in [-0.25, -0.2) is 9.79 Å². The molecule has 1 amide bonds. The van der Waals surface area contributed by atoms with Crippen molar-refractivity contribution in [1.29, 1.82) is 0 Å². The van der Waals surface area contributed by atoms with Gasteiger partial charge in [-0.3, -0.25) is 14.2 Å². The number of carbonyl (C=O) groups excluding carboxylic acids is 2. The number of Topliss-reactive ketones (excluding diaryl/α,β-unsaturated/α-hetero) is 1. The number of aliphatic carboxylic acids is 1. The standard InChI is InChI=1S/C28H32N5O7P/c29-25(41(38,39)17-22(26(35)36)20-12-7-13-21(15-20)32-27(30)31)24(34)23(14-18-8-3-1-4-9-18)33-28(37)40-16-19-10-5-2-6-11-19/h1-13,15,22-23,25H,14,16-17,29H2,(H,33,37)(H,35,36)(H,38,39)(H4,30,31,32). The second-order valence-electron chi connectivity index (χ2n) is 9.26.